The third-order valence-electron chi connectivity index (χ3n) is 3.61. The van der Waals surface area contributed by atoms with Gasteiger partial charge in [-0.1, -0.05) is 11.6 Å². The molecular weight excluding hydrogens is 420 g/mol. The number of nitro groups is 1. The number of thioether (sulfide) groups is 2. The third-order valence-corrected chi connectivity index (χ3v) is 5.91. The Morgan fingerprint density at radius 2 is 2.00 bits per heavy atom. The van der Waals surface area contributed by atoms with Crippen LogP contribution in [0.1, 0.15) is 17.1 Å². The fourth-order valence-electron chi connectivity index (χ4n) is 2.18. The second-order valence-electron chi connectivity index (χ2n) is 5.69. The number of hydrogen-bond donors (Lipinski definition) is 3. The van der Waals surface area contributed by atoms with Crippen molar-refractivity contribution in [2.24, 2.45) is 0 Å². The number of imidazole rings is 1. The molecule has 0 radical (unpaired) electrons. The number of aromatic amines is 1. The van der Waals surface area contributed by atoms with Gasteiger partial charge in [0, 0.05) is 48.0 Å². The smallest absolute Gasteiger partial charge is 0.274 e. The van der Waals surface area contributed by atoms with Gasteiger partial charge in [0.25, 0.3) is 6.20 Å². The predicted molar refractivity (Wildman–Crippen MR) is 116 cm³/mol. The molecule has 152 valence electrons. The molecule has 2 heterocycles. The summed E-state index contributed by atoms with van der Waals surface area (Å²) >= 11 is 9.48. The van der Waals surface area contributed by atoms with Crippen LogP contribution < -0.4 is 10.6 Å². The zero-order chi connectivity index (χ0) is 20.2. The topological polar surface area (TPSA) is 109 Å². The van der Waals surface area contributed by atoms with Crippen molar-refractivity contribution in [3.05, 3.63) is 68.9 Å². The monoisotopic (exact) mass is 442 g/mol. The van der Waals surface area contributed by atoms with Crippen LogP contribution in [-0.2, 0) is 11.5 Å². The zero-order valence-corrected chi connectivity index (χ0v) is 17.9. The molecule has 28 heavy (non-hydrogen) atoms. The fraction of sp³-hybridized carbons (Fsp3) is 0.412. The summed E-state index contributed by atoms with van der Waals surface area (Å²) in [5.41, 5.74) is 2.95. The normalized spacial score (nSPS) is 11.4. The third kappa shape index (κ3) is 8.41. The van der Waals surface area contributed by atoms with Gasteiger partial charge in [0.2, 0.25) is 0 Å². The summed E-state index contributed by atoms with van der Waals surface area (Å²) in [4.78, 5) is 21.8. The van der Waals surface area contributed by atoms with Crippen LogP contribution in [0.15, 0.2) is 36.7 Å². The average Bonchev–Trinajstić information content (AvgIpc) is 3.06. The van der Waals surface area contributed by atoms with E-state index in [2.05, 4.69) is 25.6 Å². The molecule has 2 aromatic rings. The number of nitrogens with one attached hydrogen (secondary N) is 3. The molecule has 2 rings (SSSR count). The standard InChI is InChI=1S/C17H23ClN6O2S2/c1-13-15(23-12-22-13)10-27-7-5-20-17(9-24(25)26)21-6-8-28-11-16-14(18)3-2-4-19-16/h2-4,9,12,20-21H,5-8,10-11H2,1H3,(H,22,23). The van der Waals surface area contributed by atoms with Gasteiger partial charge in [0.1, 0.15) is 0 Å². The molecule has 3 N–H and O–H groups in total. The zero-order valence-electron chi connectivity index (χ0n) is 15.5. The Labute approximate surface area is 177 Å². The van der Waals surface area contributed by atoms with Crippen LogP contribution >= 0.6 is 35.1 Å². The minimum absolute atomic E-state index is 0.416. The van der Waals surface area contributed by atoms with Crippen LogP contribution in [-0.4, -0.2) is 44.5 Å². The number of aromatic nitrogens is 3. The molecule has 0 fully saturated rings. The van der Waals surface area contributed by atoms with Crippen molar-refractivity contribution >= 4 is 35.1 Å². The van der Waals surface area contributed by atoms with Gasteiger partial charge in [0.05, 0.1) is 27.7 Å². The van der Waals surface area contributed by atoms with Gasteiger partial charge in [-0.15, -0.1) is 0 Å². The molecule has 11 heteroatoms. The van der Waals surface area contributed by atoms with Crippen LogP contribution in [0, 0.1) is 17.0 Å². The summed E-state index contributed by atoms with van der Waals surface area (Å²) in [6.07, 6.45) is 4.36. The second-order valence-corrected chi connectivity index (χ2v) is 8.30. The number of H-pyrrole nitrogens is 1. The molecule has 0 aliphatic carbocycles. The van der Waals surface area contributed by atoms with E-state index in [9.17, 15) is 10.1 Å². The van der Waals surface area contributed by atoms with E-state index in [-0.39, 0.29) is 0 Å². The molecule has 0 unspecified atom stereocenters. The van der Waals surface area contributed by atoms with Crippen molar-refractivity contribution in [2.75, 3.05) is 24.6 Å². The summed E-state index contributed by atoms with van der Waals surface area (Å²) < 4.78 is 0. The van der Waals surface area contributed by atoms with E-state index in [4.69, 9.17) is 11.6 Å². The maximum absolute atomic E-state index is 10.8. The van der Waals surface area contributed by atoms with Crippen LogP contribution in [0.25, 0.3) is 0 Å². The van der Waals surface area contributed by atoms with Gasteiger partial charge in [0.15, 0.2) is 5.82 Å². The lowest BCUT2D eigenvalue weighted by Gasteiger charge is -2.11. The Morgan fingerprint density at radius 1 is 1.29 bits per heavy atom. The lowest BCUT2D eigenvalue weighted by Crippen LogP contribution is -2.30. The Kier molecular flexibility index (Phi) is 10.0. The van der Waals surface area contributed by atoms with E-state index >= 15 is 0 Å². The lowest BCUT2D eigenvalue weighted by atomic mass is 10.4. The van der Waals surface area contributed by atoms with Crippen molar-refractivity contribution in [1.29, 1.82) is 0 Å². The quantitative estimate of drug-likeness (QED) is 0.246. The van der Waals surface area contributed by atoms with Crippen molar-refractivity contribution < 1.29 is 4.92 Å². The first-order valence-electron chi connectivity index (χ1n) is 8.63. The molecule has 0 aromatic carbocycles. The van der Waals surface area contributed by atoms with E-state index < -0.39 is 4.92 Å². The van der Waals surface area contributed by atoms with Crippen molar-refractivity contribution in [3.63, 3.8) is 0 Å². The molecule has 0 bridgehead atoms. The van der Waals surface area contributed by atoms with Crippen LogP contribution in [0.5, 0.6) is 0 Å². The maximum Gasteiger partial charge on any atom is 0.274 e. The summed E-state index contributed by atoms with van der Waals surface area (Å²) in [5, 5.41) is 17.6. The lowest BCUT2D eigenvalue weighted by molar-refractivity contribution is -0.404. The van der Waals surface area contributed by atoms with E-state index in [1.165, 1.54) is 0 Å². The van der Waals surface area contributed by atoms with Crippen molar-refractivity contribution in [3.8, 4) is 0 Å². The van der Waals surface area contributed by atoms with Gasteiger partial charge >= 0.3 is 0 Å². The van der Waals surface area contributed by atoms with Gasteiger partial charge < -0.3 is 15.6 Å². The minimum Gasteiger partial charge on any atom is -0.366 e. The highest BCUT2D eigenvalue weighted by Crippen LogP contribution is 2.18. The van der Waals surface area contributed by atoms with Crippen LogP contribution in [0.2, 0.25) is 5.02 Å². The van der Waals surface area contributed by atoms with E-state index in [1.807, 2.05) is 13.0 Å². The highest BCUT2D eigenvalue weighted by Gasteiger charge is 2.05. The molecular formula is C17H23ClN6O2S2. The van der Waals surface area contributed by atoms with Gasteiger partial charge in [-0.3, -0.25) is 15.1 Å². The molecule has 0 atom stereocenters. The predicted octanol–water partition coefficient (Wildman–Crippen LogP) is 3.19. The summed E-state index contributed by atoms with van der Waals surface area (Å²) in [6, 6.07) is 3.61. The number of pyridine rings is 1. The summed E-state index contributed by atoms with van der Waals surface area (Å²) in [5.74, 6) is 3.55. The molecule has 0 aliphatic heterocycles. The fourth-order valence-corrected chi connectivity index (χ4v) is 4.15. The Balaban J connectivity index is 1.63. The first-order chi connectivity index (χ1) is 13.6. The van der Waals surface area contributed by atoms with E-state index in [1.54, 1.807) is 42.1 Å². The number of hydrogen-bond acceptors (Lipinski definition) is 8. The highest BCUT2D eigenvalue weighted by molar-refractivity contribution is 7.98. The SMILES string of the molecule is Cc1nc[nH]c1CSCCNC(=C[N+](=O)[O-])NCCSCc1ncccc1Cl. The molecule has 0 spiro atoms. The van der Waals surface area contributed by atoms with Crippen LogP contribution in [0.4, 0.5) is 0 Å². The molecule has 8 nitrogen and oxygen atoms in total. The van der Waals surface area contributed by atoms with Gasteiger partial charge in [-0.25, -0.2) is 4.98 Å². The molecule has 0 saturated heterocycles. The van der Waals surface area contributed by atoms with E-state index in [0.717, 1.165) is 40.5 Å². The molecule has 0 saturated carbocycles. The van der Waals surface area contributed by atoms with Crippen molar-refractivity contribution in [2.45, 2.75) is 18.4 Å². The minimum atomic E-state index is -0.461. The number of halogens is 1. The number of rotatable bonds is 13. The maximum atomic E-state index is 10.8. The highest BCUT2D eigenvalue weighted by atomic mass is 35.5. The van der Waals surface area contributed by atoms with Gasteiger partial charge in [-0.2, -0.15) is 23.5 Å². The molecule has 0 aliphatic rings. The Morgan fingerprint density at radius 3 is 2.61 bits per heavy atom. The van der Waals surface area contributed by atoms with Crippen LogP contribution in [0.3, 0.4) is 0 Å². The Bertz CT molecular complexity index is 787. The summed E-state index contributed by atoms with van der Waals surface area (Å²) in [6.45, 7) is 3.19. The Hall–Kier alpha value is -1.91. The first-order valence-corrected chi connectivity index (χ1v) is 11.3. The summed E-state index contributed by atoms with van der Waals surface area (Å²) in [7, 11) is 0. The van der Waals surface area contributed by atoms with Gasteiger partial charge in [-0.05, 0) is 19.1 Å². The number of nitrogens with zero attached hydrogens (tertiary/aromatic N) is 3. The largest absolute Gasteiger partial charge is 0.366 e. The first kappa shape index (κ1) is 22.4. The van der Waals surface area contributed by atoms with Crippen molar-refractivity contribution in [1.82, 2.24) is 25.6 Å². The molecule has 2 aromatic heterocycles. The second kappa shape index (κ2) is 12.5. The average molecular weight is 443 g/mol. The van der Waals surface area contributed by atoms with E-state index in [0.29, 0.717) is 29.7 Å². The number of aryl methyl sites for hydroxylation is 1. The molecule has 0 amide bonds.